The molecule has 0 aromatic heterocycles. The number of ether oxygens (including phenoxy) is 2. The van der Waals surface area contributed by atoms with E-state index in [0.717, 1.165) is 5.57 Å². The molecule has 2 N–H and O–H groups in total. The predicted octanol–water partition coefficient (Wildman–Crippen LogP) is 3.11. The molecular weight excluding hydrogens is 360 g/mol. The number of esters is 1. The Morgan fingerprint density at radius 2 is 1.68 bits per heavy atom. The van der Waals surface area contributed by atoms with Crippen LogP contribution in [0.4, 0.5) is 4.79 Å². The summed E-state index contributed by atoms with van der Waals surface area (Å²) in [4.78, 5) is 37.5. The molecule has 0 aromatic carbocycles. The summed E-state index contributed by atoms with van der Waals surface area (Å²) in [5.41, 5.74) is -0.315. The van der Waals surface area contributed by atoms with E-state index in [0.29, 0.717) is 6.42 Å². The standard InChI is InChI=1S/C21H34N2O5/c1-13(2)15(22-19(26)28-20(3,4)5)17(24)23-16(18(25)27-8)21(6,7)14-11-9-10-12-14/h9-11,13,15-16H,12H2,1-8H3,(H,22,26)(H,23,24)/t15-,16-/m0/s1. The van der Waals surface area contributed by atoms with Crippen LogP contribution in [0.1, 0.15) is 54.9 Å². The highest BCUT2D eigenvalue weighted by atomic mass is 16.6. The van der Waals surface area contributed by atoms with Gasteiger partial charge in [-0.25, -0.2) is 9.59 Å². The molecule has 2 amide bonds. The highest BCUT2D eigenvalue weighted by Gasteiger charge is 2.41. The second-order valence-electron chi connectivity index (χ2n) is 8.88. The molecule has 0 unspecified atom stereocenters. The first kappa shape index (κ1) is 23.7. The van der Waals surface area contributed by atoms with E-state index in [2.05, 4.69) is 10.6 Å². The van der Waals surface area contributed by atoms with Gasteiger partial charge in [-0.15, -0.1) is 0 Å². The molecular formula is C21H34N2O5. The van der Waals surface area contributed by atoms with Crippen LogP contribution >= 0.6 is 0 Å². The van der Waals surface area contributed by atoms with Gasteiger partial charge in [0.05, 0.1) is 7.11 Å². The van der Waals surface area contributed by atoms with Crippen LogP contribution in [0.25, 0.3) is 0 Å². The highest BCUT2D eigenvalue weighted by molar-refractivity contribution is 5.90. The van der Waals surface area contributed by atoms with E-state index in [4.69, 9.17) is 9.47 Å². The van der Waals surface area contributed by atoms with Crippen molar-refractivity contribution in [3.05, 3.63) is 23.8 Å². The molecule has 0 fully saturated rings. The Labute approximate surface area is 167 Å². The number of methoxy groups -OCH3 is 1. The van der Waals surface area contributed by atoms with Gasteiger partial charge in [-0.3, -0.25) is 4.79 Å². The van der Waals surface area contributed by atoms with Crippen LogP contribution in [0.3, 0.4) is 0 Å². The van der Waals surface area contributed by atoms with E-state index < -0.39 is 41.1 Å². The van der Waals surface area contributed by atoms with E-state index in [1.807, 2.05) is 45.9 Å². The summed E-state index contributed by atoms with van der Waals surface area (Å²) in [7, 11) is 1.29. The van der Waals surface area contributed by atoms with Crippen LogP contribution in [0.2, 0.25) is 0 Å². The molecule has 1 rings (SSSR count). The van der Waals surface area contributed by atoms with Crippen LogP contribution in [0.5, 0.6) is 0 Å². The number of alkyl carbamates (subject to hydrolysis) is 1. The lowest BCUT2D eigenvalue weighted by atomic mass is 9.76. The third-order valence-electron chi connectivity index (χ3n) is 4.67. The maximum atomic E-state index is 13.0. The summed E-state index contributed by atoms with van der Waals surface area (Å²) in [6.07, 6.45) is 5.89. The van der Waals surface area contributed by atoms with Gasteiger partial charge < -0.3 is 20.1 Å². The number of amides is 2. The molecule has 0 saturated heterocycles. The van der Waals surface area contributed by atoms with Gasteiger partial charge in [-0.05, 0) is 33.1 Å². The minimum atomic E-state index is -0.891. The maximum Gasteiger partial charge on any atom is 0.408 e. The molecule has 0 bridgehead atoms. The first-order valence-corrected chi connectivity index (χ1v) is 9.53. The van der Waals surface area contributed by atoms with Gasteiger partial charge in [0.1, 0.15) is 17.7 Å². The first-order chi connectivity index (χ1) is 12.8. The lowest BCUT2D eigenvalue weighted by Crippen LogP contribution is -2.58. The number of hydrogen-bond donors (Lipinski definition) is 2. The van der Waals surface area contributed by atoms with E-state index >= 15 is 0 Å². The lowest BCUT2D eigenvalue weighted by molar-refractivity contribution is -0.148. The van der Waals surface area contributed by atoms with Crippen LogP contribution < -0.4 is 10.6 Å². The van der Waals surface area contributed by atoms with Crippen LogP contribution in [0, 0.1) is 11.3 Å². The van der Waals surface area contributed by atoms with Crippen molar-refractivity contribution in [1.29, 1.82) is 0 Å². The average molecular weight is 395 g/mol. The molecule has 0 aliphatic heterocycles. The quantitative estimate of drug-likeness (QED) is 0.647. The third-order valence-corrected chi connectivity index (χ3v) is 4.67. The van der Waals surface area contributed by atoms with Crippen molar-refractivity contribution >= 4 is 18.0 Å². The van der Waals surface area contributed by atoms with Crippen LogP contribution in [0.15, 0.2) is 23.8 Å². The Hall–Kier alpha value is -2.31. The smallest absolute Gasteiger partial charge is 0.408 e. The number of allylic oxidation sites excluding steroid dienone is 3. The number of carbonyl (C=O) groups excluding carboxylic acids is 3. The van der Waals surface area contributed by atoms with Crippen molar-refractivity contribution in [3.8, 4) is 0 Å². The van der Waals surface area contributed by atoms with E-state index in [9.17, 15) is 14.4 Å². The Morgan fingerprint density at radius 3 is 2.11 bits per heavy atom. The van der Waals surface area contributed by atoms with E-state index in [-0.39, 0.29) is 5.92 Å². The van der Waals surface area contributed by atoms with E-state index in [1.165, 1.54) is 7.11 Å². The third kappa shape index (κ3) is 6.39. The van der Waals surface area contributed by atoms with Crippen molar-refractivity contribution < 1.29 is 23.9 Å². The summed E-state index contributed by atoms with van der Waals surface area (Å²) in [6.45, 7) is 12.6. The molecule has 0 heterocycles. The van der Waals surface area contributed by atoms with Gasteiger partial charge in [0, 0.05) is 5.41 Å². The molecule has 2 atom stereocenters. The molecule has 28 heavy (non-hydrogen) atoms. The van der Waals surface area contributed by atoms with Gasteiger partial charge >= 0.3 is 12.1 Å². The highest BCUT2D eigenvalue weighted by Crippen LogP contribution is 2.36. The maximum absolute atomic E-state index is 13.0. The number of rotatable bonds is 7. The van der Waals surface area contributed by atoms with Gasteiger partial charge in [0.25, 0.3) is 0 Å². The topological polar surface area (TPSA) is 93.7 Å². The molecule has 7 heteroatoms. The Balaban J connectivity index is 3.00. The zero-order valence-electron chi connectivity index (χ0n) is 18.2. The minimum absolute atomic E-state index is 0.207. The van der Waals surface area contributed by atoms with Gasteiger partial charge in [-0.1, -0.05) is 51.5 Å². The lowest BCUT2D eigenvalue weighted by Gasteiger charge is -2.35. The van der Waals surface area contributed by atoms with Crippen molar-refractivity contribution in [1.82, 2.24) is 10.6 Å². The Bertz CT molecular complexity index is 656. The summed E-state index contributed by atoms with van der Waals surface area (Å²) in [6, 6.07) is -1.74. The fourth-order valence-electron chi connectivity index (χ4n) is 2.96. The van der Waals surface area contributed by atoms with Crippen molar-refractivity contribution in [3.63, 3.8) is 0 Å². The summed E-state index contributed by atoms with van der Waals surface area (Å²) in [5.74, 6) is -1.21. The molecule has 0 radical (unpaired) electrons. The normalized spacial score (nSPS) is 16.2. The van der Waals surface area contributed by atoms with Crippen LogP contribution in [-0.2, 0) is 19.1 Å². The fraction of sp³-hybridized carbons (Fsp3) is 0.667. The Kier molecular flexibility index (Phi) is 7.84. The number of hydrogen-bond acceptors (Lipinski definition) is 5. The predicted molar refractivity (Wildman–Crippen MR) is 108 cm³/mol. The molecule has 0 saturated carbocycles. The number of carbonyl (C=O) groups is 3. The Morgan fingerprint density at radius 1 is 1.07 bits per heavy atom. The molecule has 1 aliphatic carbocycles. The summed E-state index contributed by atoms with van der Waals surface area (Å²) >= 11 is 0. The van der Waals surface area contributed by atoms with Crippen molar-refractivity contribution in [2.45, 2.75) is 72.6 Å². The van der Waals surface area contributed by atoms with Crippen molar-refractivity contribution in [2.24, 2.45) is 11.3 Å². The second-order valence-corrected chi connectivity index (χ2v) is 8.88. The fourth-order valence-corrected chi connectivity index (χ4v) is 2.96. The van der Waals surface area contributed by atoms with Crippen LogP contribution in [-0.4, -0.2) is 42.8 Å². The molecule has 1 aliphatic rings. The first-order valence-electron chi connectivity index (χ1n) is 9.53. The zero-order valence-corrected chi connectivity index (χ0v) is 18.2. The van der Waals surface area contributed by atoms with Crippen molar-refractivity contribution in [2.75, 3.05) is 7.11 Å². The zero-order chi connectivity index (χ0) is 21.7. The average Bonchev–Trinajstić information content (AvgIpc) is 3.10. The minimum Gasteiger partial charge on any atom is -0.467 e. The number of nitrogens with one attached hydrogen (secondary N) is 2. The van der Waals surface area contributed by atoms with Gasteiger partial charge in [0.15, 0.2) is 0 Å². The van der Waals surface area contributed by atoms with E-state index in [1.54, 1.807) is 20.8 Å². The molecule has 0 aromatic rings. The SMILES string of the molecule is COC(=O)[C@H](NC(=O)[C@@H](NC(=O)OC(C)(C)C)C(C)C)C(C)(C)C1=CC=CC1. The van der Waals surface area contributed by atoms with Gasteiger partial charge in [-0.2, -0.15) is 0 Å². The molecule has 0 spiro atoms. The summed E-state index contributed by atoms with van der Waals surface area (Å²) in [5, 5.41) is 5.39. The molecule has 7 nitrogen and oxygen atoms in total. The molecule has 158 valence electrons. The second kappa shape index (κ2) is 9.26. The largest absolute Gasteiger partial charge is 0.467 e. The monoisotopic (exact) mass is 394 g/mol. The van der Waals surface area contributed by atoms with Gasteiger partial charge in [0.2, 0.25) is 5.91 Å². The summed E-state index contributed by atoms with van der Waals surface area (Å²) < 4.78 is 10.2.